The van der Waals surface area contributed by atoms with Crippen molar-refractivity contribution in [1.82, 2.24) is 10.2 Å². The zero-order chi connectivity index (χ0) is 14.7. The third kappa shape index (κ3) is 4.72. The molecule has 1 N–H and O–H groups in total. The maximum absolute atomic E-state index is 3.77. The first-order valence-electron chi connectivity index (χ1n) is 8.09. The van der Waals surface area contributed by atoms with E-state index < -0.39 is 0 Å². The molecule has 0 aromatic heterocycles. The Kier molecular flexibility index (Phi) is 5.66. The van der Waals surface area contributed by atoms with E-state index in [0.717, 1.165) is 24.4 Å². The van der Waals surface area contributed by atoms with Gasteiger partial charge in [-0.3, -0.25) is 4.90 Å². The molecular formula is C17H25BrN2S. The van der Waals surface area contributed by atoms with E-state index in [0.29, 0.717) is 0 Å². The summed E-state index contributed by atoms with van der Waals surface area (Å²) in [5.41, 5.74) is 2.81. The lowest BCUT2D eigenvalue weighted by Gasteiger charge is -2.32. The van der Waals surface area contributed by atoms with Crippen molar-refractivity contribution in [2.75, 3.05) is 18.8 Å². The second kappa shape index (κ2) is 7.49. The SMILES string of the molecule is CCC1CN(Cc2ccc(CNC3CC3)cc2Br)CCS1. The number of nitrogens with zero attached hydrogens (tertiary/aromatic N) is 1. The highest BCUT2D eigenvalue weighted by Crippen LogP contribution is 2.26. The normalized spacial score (nSPS) is 23.4. The number of nitrogens with one attached hydrogen (secondary N) is 1. The number of thioether (sulfide) groups is 1. The predicted molar refractivity (Wildman–Crippen MR) is 95.8 cm³/mol. The van der Waals surface area contributed by atoms with Crippen molar-refractivity contribution < 1.29 is 0 Å². The minimum atomic E-state index is 0.778. The summed E-state index contributed by atoms with van der Waals surface area (Å²) in [5.74, 6) is 1.28. The molecular weight excluding hydrogens is 344 g/mol. The van der Waals surface area contributed by atoms with Gasteiger partial charge in [-0.05, 0) is 36.5 Å². The van der Waals surface area contributed by atoms with Gasteiger partial charge in [0.25, 0.3) is 0 Å². The lowest BCUT2D eigenvalue weighted by Crippen LogP contribution is -2.37. The predicted octanol–water partition coefficient (Wildman–Crippen LogP) is 4.03. The minimum Gasteiger partial charge on any atom is -0.310 e. The summed E-state index contributed by atoms with van der Waals surface area (Å²) >= 11 is 5.91. The van der Waals surface area contributed by atoms with Crippen molar-refractivity contribution in [2.24, 2.45) is 0 Å². The maximum Gasteiger partial charge on any atom is 0.0245 e. The van der Waals surface area contributed by atoms with Gasteiger partial charge in [-0.15, -0.1) is 0 Å². The summed E-state index contributed by atoms with van der Waals surface area (Å²) in [7, 11) is 0. The van der Waals surface area contributed by atoms with E-state index in [2.05, 4.69) is 63.0 Å². The van der Waals surface area contributed by atoms with Crippen LogP contribution in [0.4, 0.5) is 0 Å². The Morgan fingerprint density at radius 3 is 2.95 bits per heavy atom. The second-order valence-corrected chi connectivity index (χ2v) is 8.48. The first-order chi connectivity index (χ1) is 10.2. The molecule has 0 radical (unpaired) electrons. The smallest absolute Gasteiger partial charge is 0.0245 e. The van der Waals surface area contributed by atoms with Crippen molar-refractivity contribution in [3.8, 4) is 0 Å². The van der Waals surface area contributed by atoms with Crippen LogP contribution in [0.2, 0.25) is 0 Å². The number of benzene rings is 1. The molecule has 1 aromatic carbocycles. The molecule has 0 amide bonds. The van der Waals surface area contributed by atoms with Crippen LogP contribution in [0.5, 0.6) is 0 Å². The quantitative estimate of drug-likeness (QED) is 0.815. The van der Waals surface area contributed by atoms with E-state index in [1.54, 1.807) is 0 Å². The fourth-order valence-electron chi connectivity index (χ4n) is 2.79. The van der Waals surface area contributed by atoms with Crippen molar-refractivity contribution in [3.63, 3.8) is 0 Å². The van der Waals surface area contributed by atoms with Gasteiger partial charge in [0.15, 0.2) is 0 Å². The molecule has 116 valence electrons. The number of hydrogen-bond donors (Lipinski definition) is 1. The van der Waals surface area contributed by atoms with Gasteiger partial charge in [0.2, 0.25) is 0 Å². The van der Waals surface area contributed by atoms with Crippen LogP contribution in [0.25, 0.3) is 0 Å². The Bertz CT molecular complexity index is 476. The van der Waals surface area contributed by atoms with E-state index >= 15 is 0 Å². The van der Waals surface area contributed by atoms with Crippen LogP contribution in [-0.4, -0.2) is 35.0 Å². The average Bonchev–Trinajstić information content (AvgIpc) is 3.32. The summed E-state index contributed by atoms with van der Waals surface area (Å²) in [6.07, 6.45) is 3.99. The zero-order valence-corrected chi connectivity index (χ0v) is 15.2. The molecule has 1 saturated heterocycles. The molecule has 21 heavy (non-hydrogen) atoms. The molecule has 1 aliphatic heterocycles. The number of rotatable bonds is 6. The Labute approximate surface area is 141 Å². The fourth-order valence-corrected chi connectivity index (χ4v) is 4.59. The highest BCUT2D eigenvalue weighted by atomic mass is 79.9. The summed E-state index contributed by atoms with van der Waals surface area (Å²) in [4.78, 5) is 2.60. The second-order valence-electron chi connectivity index (χ2n) is 6.22. The summed E-state index contributed by atoms with van der Waals surface area (Å²) in [6.45, 7) is 6.84. The molecule has 4 heteroatoms. The third-order valence-corrected chi connectivity index (χ3v) is 6.47. The molecule has 1 heterocycles. The highest BCUT2D eigenvalue weighted by Gasteiger charge is 2.21. The van der Waals surface area contributed by atoms with Crippen molar-refractivity contribution >= 4 is 27.7 Å². The molecule has 2 nitrogen and oxygen atoms in total. The van der Waals surface area contributed by atoms with Crippen LogP contribution < -0.4 is 5.32 Å². The first kappa shape index (κ1) is 15.9. The van der Waals surface area contributed by atoms with Crippen LogP contribution in [0, 0.1) is 0 Å². The lowest BCUT2D eigenvalue weighted by molar-refractivity contribution is 0.272. The Balaban J connectivity index is 1.56. The van der Waals surface area contributed by atoms with Gasteiger partial charge in [-0.2, -0.15) is 11.8 Å². The third-order valence-electron chi connectivity index (χ3n) is 4.36. The van der Waals surface area contributed by atoms with Gasteiger partial charge in [-0.1, -0.05) is 35.0 Å². The highest BCUT2D eigenvalue weighted by molar-refractivity contribution is 9.10. The molecule has 1 atom stereocenters. The molecule has 1 aromatic rings. The van der Waals surface area contributed by atoms with E-state index in [1.165, 1.54) is 53.7 Å². The molecule has 0 spiro atoms. The van der Waals surface area contributed by atoms with Gasteiger partial charge in [-0.25, -0.2) is 0 Å². The number of hydrogen-bond acceptors (Lipinski definition) is 3. The standard InChI is InChI=1S/C17H25BrN2S/c1-2-16-12-20(7-8-21-16)11-14-4-3-13(9-17(14)18)10-19-15-5-6-15/h3-4,9,15-16,19H,2,5-8,10-12H2,1H3. The van der Waals surface area contributed by atoms with Crippen LogP contribution in [0.15, 0.2) is 22.7 Å². The lowest BCUT2D eigenvalue weighted by atomic mass is 10.1. The average molecular weight is 369 g/mol. The van der Waals surface area contributed by atoms with Gasteiger partial charge in [0, 0.05) is 47.7 Å². The van der Waals surface area contributed by atoms with E-state index in [4.69, 9.17) is 0 Å². The van der Waals surface area contributed by atoms with Crippen molar-refractivity contribution in [2.45, 2.75) is 50.6 Å². The fraction of sp³-hybridized carbons (Fsp3) is 0.647. The van der Waals surface area contributed by atoms with Crippen LogP contribution in [0.3, 0.4) is 0 Å². The molecule has 1 unspecified atom stereocenters. The molecule has 0 bridgehead atoms. The van der Waals surface area contributed by atoms with E-state index in [1.807, 2.05) is 0 Å². The molecule has 1 saturated carbocycles. The first-order valence-corrected chi connectivity index (χ1v) is 9.93. The Morgan fingerprint density at radius 2 is 2.24 bits per heavy atom. The largest absolute Gasteiger partial charge is 0.310 e. The maximum atomic E-state index is 3.77. The zero-order valence-electron chi connectivity index (χ0n) is 12.8. The van der Waals surface area contributed by atoms with Crippen LogP contribution in [0.1, 0.15) is 37.3 Å². The molecule has 1 aliphatic carbocycles. The summed E-state index contributed by atoms with van der Waals surface area (Å²) in [5, 5.41) is 4.40. The van der Waals surface area contributed by atoms with Gasteiger partial charge < -0.3 is 5.32 Å². The van der Waals surface area contributed by atoms with Crippen LogP contribution >= 0.6 is 27.7 Å². The Hall–Kier alpha value is -0.0300. The number of halogens is 1. The molecule has 3 rings (SSSR count). The van der Waals surface area contributed by atoms with Crippen molar-refractivity contribution in [3.05, 3.63) is 33.8 Å². The van der Waals surface area contributed by atoms with Crippen molar-refractivity contribution in [1.29, 1.82) is 0 Å². The van der Waals surface area contributed by atoms with Crippen LogP contribution in [-0.2, 0) is 13.1 Å². The minimum absolute atomic E-state index is 0.778. The topological polar surface area (TPSA) is 15.3 Å². The van der Waals surface area contributed by atoms with Gasteiger partial charge in [0.05, 0.1) is 0 Å². The van der Waals surface area contributed by atoms with Gasteiger partial charge in [0.1, 0.15) is 0 Å². The van der Waals surface area contributed by atoms with Gasteiger partial charge >= 0.3 is 0 Å². The summed E-state index contributed by atoms with van der Waals surface area (Å²) in [6, 6.07) is 7.66. The monoisotopic (exact) mass is 368 g/mol. The molecule has 2 fully saturated rings. The molecule has 2 aliphatic rings. The summed E-state index contributed by atoms with van der Waals surface area (Å²) < 4.78 is 1.27. The Morgan fingerprint density at radius 1 is 1.38 bits per heavy atom. The van der Waals surface area contributed by atoms with E-state index in [9.17, 15) is 0 Å². The van der Waals surface area contributed by atoms with E-state index in [-0.39, 0.29) is 0 Å².